The van der Waals surface area contributed by atoms with Crippen molar-refractivity contribution >= 4 is 17.5 Å². The largest absolute Gasteiger partial charge is 0.388 e. The lowest BCUT2D eigenvalue weighted by molar-refractivity contribution is -0.136. The summed E-state index contributed by atoms with van der Waals surface area (Å²) in [5.74, 6) is -1.44. The van der Waals surface area contributed by atoms with E-state index in [1.54, 1.807) is 24.3 Å². The molecule has 0 heterocycles. The first-order chi connectivity index (χ1) is 10.7. The molecule has 22 heavy (non-hydrogen) atoms. The van der Waals surface area contributed by atoms with Crippen LogP contribution in [0, 0.1) is 0 Å². The standard InChI is InChI=1S/C17H18N2O3/c20-15(13-7-3-1-4-8-13)11-12-18-16(21)17(22)19-14-9-5-2-6-10-14/h1-10,15,20H,11-12H2,(H,18,21)(H,19,22)/t15-/m0/s1. The van der Waals surface area contributed by atoms with Gasteiger partial charge in [0.15, 0.2) is 0 Å². The minimum Gasteiger partial charge on any atom is -0.388 e. The number of amides is 2. The predicted molar refractivity (Wildman–Crippen MR) is 84.1 cm³/mol. The first-order valence-electron chi connectivity index (χ1n) is 7.04. The highest BCUT2D eigenvalue weighted by atomic mass is 16.3. The molecule has 0 aromatic heterocycles. The first kappa shape index (κ1) is 15.7. The van der Waals surface area contributed by atoms with Crippen molar-refractivity contribution in [1.29, 1.82) is 0 Å². The molecule has 0 fully saturated rings. The summed E-state index contributed by atoms with van der Waals surface area (Å²) in [5, 5.41) is 14.9. The fourth-order valence-corrected chi connectivity index (χ4v) is 1.95. The summed E-state index contributed by atoms with van der Waals surface area (Å²) in [5.41, 5.74) is 1.34. The Bertz CT molecular complexity index is 614. The molecule has 2 aromatic carbocycles. The van der Waals surface area contributed by atoms with E-state index in [0.29, 0.717) is 12.1 Å². The van der Waals surface area contributed by atoms with Crippen LogP contribution in [0.2, 0.25) is 0 Å². The molecule has 0 aliphatic heterocycles. The topological polar surface area (TPSA) is 78.4 Å². The lowest BCUT2D eigenvalue weighted by Gasteiger charge is -2.11. The molecule has 1 atom stereocenters. The van der Waals surface area contributed by atoms with Crippen LogP contribution >= 0.6 is 0 Å². The van der Waals surface area contributed by atoms with Crippen LogP contribution in [0.5, 0.6) is 0 Å². The second-order valence-electron chi connectivity index (χ2n) is 4.79. The van der Waals surface area contributed by atoms with E-state index in [1.165, 1.54) is 0 Å². The average molecular weight is 298 g/mol. The van der Waals surface area contributed by atoms with Crippen LogP contribution in [-0.4, -0.2) is 23.5 Å². The number of nitrogens with one attached hydrogen (secondary N) is 2. The molecule has 0 aliphatic rings. The van der Waals surface area contributed by atoms with Crippen molar-refractivity contribution in [2.24, 2.45) is 0 Å². The van der Waals surface area contributed by atoms with Crippen LogP contribution in [0.4, 0.5) is 5.69 Å². The molecule has 2 rings (SSSR count). The van der Waals surface area contributed by atoms with Gasteiger partial charge in [-0.3, -0.25) is 9.59 Å². The summed E-state index contributed by atoms with van der Waals surface area (Å²) < 4.78 is 0. The Morgan fingerprint density at radius 3 is 2.14 bits per heavy atom. The van der Waals surface area contributed by atoms with Crippen molar-refractivity contribution < 1.29 is 14.7 Å². The van der Waals surface area contributed by atoms with E-state index in [9.17, 15) is 14.7 Å². The van der Waals surface area contributed by atoms with Crippen LogP contribution in [-0.2, 0) is 9.59 Å². The Labute approximate surface area is 129 Å². The molecule has 5 nitrogen and oxygen atoms in total. The molecular formula is C17H18N2O3. The number of rotatable bonds is 5. The fraction of sp³-hybridized carbons (Fsp3) is 0.176. The number of aliphatic hydroxyl groups is 1. The highest BCUT2D eigenvalue weighted by molar-refractivity contribution is 6.39. The average Bonchev–Trinajstić information content (AvgIpc) is 2.56. The van der Waals surface area contributed by atoms with Gasteiger partial charge in [-0.15, -0.1) is 0 Å². The zero-order chi connectivity index (χ0) is 15.8. The quantitative estimate of drug-likeness (QED) is 0.737. The van der Waals surface area contributed by atoms with Gasteiger partial charge in [-0.25, -0.2) is 0 Å². The lowest BCUT2D eigenvalue weighted by Crippen LogP contribution is -2.36. The molecule has 3 N–H and O–H groups in total. The second-order valence-corrected chi connectivity index (χ2v) is 4.79. The number of para-hydroxylation sites is 1. The summed E-state index contributed by atoms with van der Waals surface area (Å²) >= 11 is 0. The minimum absolute atomic E-state index is 0.219. The third-order valence-corrected chi connectivity index (χ3v) is 3.13. The number of aliphatic hydroxyl groups excluding tert-OH is 1. The van der Waals surface area contributed by atoms with Crippen LogP contribution < -0.4 is 10.6 Å². The zero-order valence-electron chi connectivity index (χ0n) is 12.0. The van der Waals surface area contributed by atoms with E-state index >= 15 is 0 Å². The molecule has 0 radical (unpaired) electrons. The maximum absolute atomic E-state index is 11.7. The summed E-state index contributed by atoms with van der Waals surface area (Å²) in [4.78, 5) is 23.3. The van der Waals surface area contributed by atoms with Gasteiger partial charge in [-0.2, -0.15) is 0 Å². The van der Waals surface area contributed by atoms with Gasteiger partial charge in [0.25, 0.3) is 0 Å². The van der Waals surface area contributed by atoms with Crippen molar-refractivity contribution in [3.63, 3.8) is 0 Å². The number of anilines is 1. The summed E-state index contributed by atoms with van der Waals surface area (Å²) in [6.45, 7) is 0.219. The second kappa shape index (κ2) is 7.95. The first-order valence-corrected chi connectivity index (χ1v) is 7.04. The van der Waals surface area contributed by atoms with E-state index in [0.717, 1.165) is 5.56 Å². The zero-order valence-corrected chi connectivity index (χ0v) is 12.0. The molecule has 0 saturated heterocycles. The third kappa shape index (κ3) is 4.71. The van der Waals surface area contributed by atoms with Crippen LogP contribution in [0.1, 0.15) is 18.1 Å². The number of carbonyl (C=O) groups is 2. The van der Waals surface area contributed by atoms with Crippen LogP contribution in [0.3, 0.4) is 0 Å². The molecule has 114 valence electrons. The normalized spacial score (nSPS) is 11.5. The number of benzene rings is 2. The van der Waals surface area contributed by atoms with Crippen molar-refractivity contribution in [1.82, 2.24) is 5.32 Å². The van der Waals surface area contributed by atoms with Crippen molar-refractivity contribution in [3.8, 4) is 0 Å². The highest BCUT2D eigenvalue weighted by Gasteiger charge is 2.14. The molecule has 2 amide bonds. The monoisotopic (exact) mass is 298 g/mol. The van der Waals surface area contributed by atoms with Crippen molar-refractivity contribution in [2.45, 2.75) is 12.5 Å². The van der Waals surface area contributed by atoms with E-state index in [4.69, 9.17) is 0 Å². The van der Waals surface area contributed by atoms with Gasteiger partial charge >= 0.3 is 11.8 Å². The molecule has 2 aromatic rings. The van der Waals surface area contributed by atoms with E-state index in [-0.39, 0.29) is 6.54 Å². The van der Waals surface area contributed by atoms with Gasteiger partial charge in [0.05, 0.1) is 6.10 Å². The lowest BCUT2D eigenvalue weighted by atomic mass is 10.1. The summed E-state index contributed by atoms with van der Waals surface area (Å²) in [6, 6.07) is 17.9. The molecule has 0 saturated carbocycles. The molecule has 0 aliphatic carbocycles. The van der Waals surface area contributed by atoms with Crippen molar-refractivity contribution in [3.05, 3.63) is 66.2 Å². The van der Waals surface area contributed by atoms with E-state index < -0.39 is 17.9 Å². The van der Waals surface area contributed by atoms with Crippen molar-refractivity contribution in [2.75, 3.05) is 11.9 Å². The van der Waals surface area contributed by atoms with Gasteiger partial charge in [-0.1, -0.05) is 48.5 Å². The maximum atomic E-state index is 11.7. The third-order valence-electron chi connectivity index (χ3n) is 3.13. The van der Waals surface area contributed by atoms with Gasteiger partial charge in [0.1, 0.15) is 0 Å². The Morgan fingerprint density at radius 1 is 0.909 bits per heavy atom. The summed E-state index contributed by atoms with van der Waals surface area (Å²) in [6.07, 6.45) is -0.326. The predicted octanol–water partition coefficient (Wildman–Crippen LogP) is 1.86. The molecule has 0 unspecified atom stereocenters. The van der Waals surface area contributed by atoms with Crippen LogP contribution in [0.25, 0.3) is 0 Å². The number of carbonyl (C=O) groups excluding carboxylic acids is 2. The maximum Gasteiger partial charge on any atom is 0.313 e. The van der Waals surface area contributed by atoms with E-state index in [2.05, 4.69) is 10.6 Å². The number of hydrogen-bond acceptors (Lipinski definition) is 3. The summed E-state index contributed by atoms with van der Waals surface area (Å²) in [7, 11) is 0. The molecular weight excluding hydrogens is 280 g/mol. The molecule has 5 heteroatoms. The Hall–Kier alpha value is -2.66. The van der Waals surface area contributed by atoms with Gasteiger partial charge < -0.3 is 15.7 Å². The van der Waals surface area contributed by atoms with Crippen LogP contribution in [0.15, 0.2) is 60.7 Å². The minimum atomic E-state index is -0.722. The molecule has 0 spiro atoms. The number of hydrogen-bond donors (Lipinski definition) is 3. The Balaban J connectivity index is 1.74. The van der Waals surface area contributed by atoms with Gasteiger partial charge in [0, 0.05) is 12.2 Å². The van der Waals surface area contributed by atoms with E-state index in [1.807, 2.05) is 36.4 Å². The SMILES string of the molecule is O=C(NCC[C@H](O)c1ccccc1)C(=O)Nc1ccccc1. The van der Waals surface area contributed by atoms with Gasteiger partial charge in [-0.05, 0) is 24.1 Å². The van der Waals surface area contributed by atoms with Gasteiger partial charge in [0.2, 0.25) is 0 Å². The Kier molecular flexibility index (Phi) is 5.68. The fourth-order valence-electron chi connectivity index (χ4n) is 1.95. The molecule has 0 bridgehead atoms. The Morgan fingerprint density at radius 2 is 1.50 bits per heavy atom. The highest BCUT2D eigenvalue weighted by Crippen LogP contribution is 2.14. The smallest absolute Gasteiger partial charge is 0.313 e.